The van der Waals surface area contributed by atoms with Gasteiger partial charge in [0.1, 0.15) is 5.75 Å². The molecule has 0 heterocycles. The van der Waals surface area contributed by atoms with Crippen molar-refractivity contribution in [2.45, 2.75) is 20.0 Å². The average Bonchev–Trinajstić information content (AvgIpc) is 2.49. The van der Waals surface area contributed by atoms with Crippen molar-refractivity contribution < 1.29 is 14.3 Å². The Morgan fingerprint density at radius 3 is 2.57 bits per heavy atom. The van der Waals surface area contributed by atoms with Crippen LogP contribution in [0.25, 0.3) is 0 Å². The van der Waals surface area contributed by atoms with Crippen LogP contribution in [0, 0.1) is 6.92 Å². The van der Waals surface area contributed by atoms with Crippen molar-refractivity contribution in [1.82, 2.24) is 0 Å². The lowest BCUT2D eigenvalue weighted by molar-refractivity contribution is -0.122. The van der Waals surface area contributed by atoms with E-state index in [4.69, 9.17) is 22.1 Å². The summed E-state index contributed by atoms with van der Waals surface area (Å²) in [7, 11) is 0. The van der Waals surface area contributed by atoms with Gasteiger partial charge in [-0.25, -0.2) is 0 Å². The van der Waals surface area contributed by atoms with Crippen molar-refractivity contribution in [2.24, 2.45) is 5.73 Å². The Morgan fingerprint density at radius 1 is 1.22 bits per heavy atom. The molecule has 0 radical (unpaired) electrons. The quantitative estimate of drug-likeness (QED) is 0.882. The molecule has 5 nitrogen and oxygen atoms in total. The van der Waals surface area contributed by atoms with Gasteiger partial charge in [0.05, 0.1) is 0 Å². The first-order valence-corrected chi connectivity index (χ1v) is 7.39. The first-order chi connectivity index (χ1) is 10.9. The van der Waals surface area contributed by atoms with E-state index in [0.717, 1.165) is 0 Å². The molecule has 0 fully saturated rings. The summed E-state index contributed by atoms with van der Waals surface area (Å²) in [6, 6.07) is 11.8. The molecule has 0 bridgehead atoms. The summed E-state index contributed by atoms with van der Waals surface area (Å²) in [5, 5.41) is 3.26. The molecule has 0 aliphatic heterocycles. The van der Waals surface area contributed by atoms with E-state index in [2.05, 4.69) is 5.32 Å². The van der Waals surface area contributed by atoms with Crippen LogP contribution in [0.2, 0.25) is 5.02 Å². The lowest BCUT2D eigenvalue weighted by Crippen LogP contribution is -2.30. The van der Waals surface area contributed by atoms with Crippen molar-refractivity contribution in [3.05, 3.63) is 58.6 Å². The third-order valence-corrected chi connectivity index (χ3v) is 3.57. The Kier molecular flexibility index (Phi) is 5.24. The number of nitrogens with two attached hydrogens (primary N) is 1. The van der Waals surface area contributed by atoms with Crippen LogP contribution in [0.5, 0.6) is 5.75 Å². The number of benzene rings is 2. The first-order valence-electron chi connectivity index (χ1n) is 7.01. The summed E-state index contributed by atoms with van der Waals surface area (Å²) in [4.78, 5) is 23.6. The minimum atomic E-state index is -0.731. The summed E-state index contributed by atoms with van der Waals surface area (Å²) in [6.07, 6.45) is -0.731. The summed E-state index contributed by atoms with van der Waals surface area (Å²) in [5.74, 6) is -0.376. The molecule has 2 rings (SSSR count). The second kappa shape index (κ2) is 7.15. The normalized spacial score (nSPS) is 11.6. The van der Waals surface area contributed by atoms with E-state index in [1.54, 1.807) is 56.3 Å². The van der Waals surface area contributed by atoms with Crippen LogP contribution in [0.1, 0.15) is 22.8 Å². The molecule has 2 aromatic carbocycles. The molecule has 2 aromatic rings. The van der Waals surface area contributed by atoms with Gasteiger partial charge in [-0.1, -0.05) is 23.7 Å². The molecule has 120 valence electrons. The third-order valence-electron chi connectivity index (χ3n) is 3.34. The van der Waals surface area contributed by atoms with E-state index >= 15 is 0 Å². The number of amides is 2. The molecule has 0 saturated carbocycles. The molecule has 6 heteroatoms. The van der Waals surface area contributed by atoms with Gasteiger partial charge in [-0.05, 0) is 49.7 Å². The highest BCUT2D eigenvalue weighted by atomic mass is 35.5. The van der Waals surface area contributed by atoms with Crippen LogP contribution in [0.3, 0.4) is 0 Å². The number of anilines is 1. The minimum Gasteiger partial charge on any atom is -0.481 e. The van der Waals surface area contributed by atoms with Gasteiger partial charge in [-0.15, -0.1) is 0 Å². The number of hydrogen-bond acceptors (Lipinski definition) is 3. The average molecular weight is 333 g/mol. The standard InChI is InChI=1S/C17H17ClN2O3/c1-10-14(16(19)21)7-4-8-15(10)20-17(22)11(2)23-13-6-3-5-12(18)9-13/h3-9,11H,1-2H3,(H2,19,21)(H,20,22). The minimum absolute atomic E-state index is 0.338. The fourth-order valence-corrected chi connectivity index (χ4v) is 2.25. The number of primary amides is 1. The molecule has 0 aliphatic carbocycles. The van der Waals surface area contributed by atoms with Crippen molar-refractivity contribution in [1.29, 1.82) is 0 Å². The maximum Gasteiger partial charge on any atom is 0.265 e. The van der Waals surface area contributed by atoms with Gasteiger partial charge in [0, 0.05) is 16.3 Å². The first kappa shape index (κ1) is 16.8. The third kappa shape index (κ3) is 4.23. The van der Waals surface area contributed by atoms with E-state index in [-0.39, 0.29) is 5.91 Å². The number of nitrogens with one attached hydrogen (secondary N) is 1. The maximum atomic E-state index is 12.2. The van der Waals surface area contributed by atoms with Crippen molar-refractivity contribution in [3.63, 3.8) is 0 Å². The van der Waals surface area contributed by atoms with Gasteiger partial charge in [0.25, 0.3) is 5.91 Å². The number of rotatable bonds is 5. The molecule has 2 amide bonds. The van der Waals surface area contributed by atoms with Gasteiger partial charge in [-0.2, -0.15) is 0 Å². The number of carbonyl (C=O) groups excluding carboxylic acids is 2. The fraction of sp³-hybridized carbons (Fsp3) is 0.176. The number of hydrogen-bond donors (Lipinski definition) is 2. The van der Waals surface area contributed by atoms with Crippen LogP contribution in [0.4, 0.5) is 5.69 Å². The van der Waals surface area contributed by atoms with Gasteiger partial charge >= 0.3 is 0 Å². The van der Waals surface area contributed by atoms with E-state index in [9.17, 15) is 9.59 Å². The molecule has 3 N–H and O–H groups in total. The summed E-state index contributed by atoms with van der Waals surface area (Å²) < 4.78 is 5.56. The second-order valence-electron chi connectivity index (χ2n) is 5.05. The van der Waals surface area contributed by atoms with Gasteiger partial charge in [0.15, 0.2) is 6.10 Å². The highest BCUT2D eigenvalue weighted by molar-refractivity contribution is 6.30. The second-order valence-corrected chi connectivity index (χ2v) is 5.49. The Morgan fingerprint density at radius 2 is 1.91 bits per heavy atom. The molecule has 0 saturated heterocycles. The fourth-order valence-electron chi connectivity index (χ4n) is 2.07. The number of ether oxygens (including phenoxy) is 1. The zero-order valence-corrected chi connectivity index (χ0v) is 13.6. The van der Waals surface area contributed by atoms with Crippen LogP contribution in [-0.2, 0) is 4.79 Å². The predicted octanol–water partition coefficient (Wildman–Crippen LogP) is 3.15. The van der Waals surface area contributed by atoms with Crippen LogP contribution in [0.15, 0.2) is 42.5 Å². The Hall–Kier alpha value is -2.53. The SMILES string of the molecule is Cc1c(NC(=O)C(C)Oc2cccc(Cl)c2)cccc1C(N)=O. The summed E-state index contributed by atoms with van der Waals surface area (Å²) in [6.45, 7) is 3.35. The molecular weight excluding hydrogens is 316 g/mol. The van der Waals surface area contributed by atoms with E-state index in [1.807, 2.05) is 0 Å². The maximum absolute atomic E-state index is 12.2. The Labute approximate surface area is 139 Å². The predicted molar refractivity (Wildman–Crippen MR) is 89.9 cm³/mol. The van der Waals surface area contributed by atoms with Gasteiger partial charge in [-0.3, -0.25) is 9.59 Å². The van der Waals surface area contributed by atoms with Crippen molar-refractivity contribution in [2.75, 3.05) is 5.32 Å². The Balaban J connectivity index is 2.10. The Bertz CT molecular complexity index is 746. The zero-order chi connectivity index (χ0) is 17.0. The lowest BCUT2D eigenvalue weighted by Gasteiger charge is -2.16. The molecule has 23 heavy (non-hydrogen) atoms. The number of halogens is 1. The molecule has 1 unspecified atom stereocenters. The van der Waals surface area contributed by atoms with Gasteiger partial charge in [0.2, 0.25) is 5.91 Å². The van der Waals surface area contributed by atoms with Crippen LogP contribution in [-0.4, -0.2) is 17.9 Å². The molecule has 0 aromatic heterocycles. The van der Waals surface area contributed by atoms with Crippen molar-refractivity contribution in [3.8, 4) is 5.75 Å². The smallest absolute Gasteiger partial charge is 0.265 e. The lowest BCUT2D eigenvalue weighted by atomic mass is 10.1. The van der Waals surface area contributed by atoms with E-state index < -0.39 is 12.0 Å². The molecule has 0 aliphatic rings. The number of carbonyl (C=O) groups is 2. The summed E-state index contributed by atoms with van der Waals surface area (Å²) >= 11 is 5.88. The molecule has 1 atom stereocenters. The van der Waals surface area contributed by atoms with Gasteiger partial charge < -0.3 is 15.8 Å². The van der Waals surface area contributed by atoms with Crippen LogP contribution < -0.4 is 15.8 Å². The largest absolute Gasteiger partial charge is 0.481 e. The highest BCUT2D eigenvalue weighted by Gasteiger charge is 2.17. The molecule has 0 spiro atoms. The monoisotopic (exact) mass is 332 g/mol. The van der Waals surface area contributed by atoms with Crippen molar-refractivity contribution >= 4 is 29.1 Å². The highest BCUT2D eigenvalue weighted by Crippen LogP contribution is 2.21. The van der Waals surface area contributed by atoms with E-state index in [0.29, 0.717) is 27.6 Å². The van der Waals surface area contributed by atoms with E-state index in [1.165, 1.54) is 0 Å². The zero-order valence-electron chi connectivity index (χ0n) is 12.8. The summed E-state index contributed by atoms with van der Waals surface area (Å²) in [5.41, 5.74) is 6.80. The molecular formula is C17H17ClN2O3. The van der Waals surface area contributed by atoms with Crippen LogP contribution >= 0.6 is 11.6 Å². The topological polar surface area (TPSA) is 81.4 Å².